The van der Waals surface area contributed by atoms with Crippen LogP contribution in [0.5, 0.6) is 0 Å². The van der Waals surface area contributed by atoms with Crippen molar-refractivity contribution in [1.82, 2.24) is 14.9 Å². The van der Waals surface area contributed by atoms with Crippen molar-refractivity contribution < 1.29 is 13.2 Å². The number of benzene rings is 2. The third-order valence-corrected chi connectivity index (χ3v) is 6.98. The lowest BCUT2D eigenvalue weighted by atomic mass is 10.0. The van der Waals surface area contributed by atoms with Crippen molar-refractivity contribution in [2.75, 3.05) is 26.7 Å². The van der Waals surface area contributed by atoms with Crippen molar-refractivity contribution in [3.8, 4) is 0 Å². The number of rotatable bonds is 9. The zero-order valence-electron chi connectivity index (χ0n) is 17.5. The first-order valence-electron chi connectivity index (χ1n) is 10.5. The quantitative estimate of drug-likeness (QED) is 0.641. The molecule has 2 aromatic carbocycles. The lowest BCUT2D eigenvalue weighted by Crippen LogP contribution is -2.43. The number of likely N-dealkylation sites (tertiary alicyclic amines) is 1. The third-order valence-electron chi connectivity index (χ3n) is 5.51. The van der Waals surface area contributed by atoms with E-state index in [4.69, 9.17) is 0 Å². The lowest BCUT2D eigenvalue weighted by molar-refractivity contribution is -0.122. The molecule has 1 saturated heterocycles. The molecule has 0 atom stereocenters. The van der Waals surface area contributed by atoms with Gasteiger partial charge in [0.15, 0.2) is 0 Å². The second kappa shape index (κ2) is 10.7. The minimum atomic E-state index is -3.54. The summed E-state index contributed by atoms with van der Waals surface area (Å²) < 4.78 is 27.6. The van der Waals surface area contributed by atoms with Gasteiger partial charge in [-0.1, -0.05) is 42.5 Å². The monoisotopic (exact) mass is 429 g/mol. The molecule has 1 fully saturated rings. The van der Waals surface area contributed by atoms with E-state index >= 15 is 0 Å². The summed E-state index contributed by atoms with van der Waals surface area (Å²) >= 11 is 0. The zero-order valence-corrected chi connectivity index (χ0v) is 18.3. The van der Waals surface area contributed by atoms with Gasteiger partial charge in [0.2, 0.25) is 15.9 Å². The van der Waals surface area contributed by atoms with E-state index in [0.717, 1.165) is 37.1 Å². The fourth-order valence-electron chi connectivity index (χ4n) is 3.60. The summed E-state index contributed by atoms with van der Waals surface area (Å²) in [5.74, 6) is 0.0591. The SMILES string of the molecule is CN1CCC(NC(=O)CCc2ccc(S(=O)(=O)NCCc3ccccc3)cc2)CC1. The Morgan fingerprint density at radius 2 is 1.60 bits per heavy atom. The molecule has 0 aromatic heterocycles. The van der Waals surface area contributed by atoms with Crippen LogP contribution in [0.25, 0.3) is 0 Å². The predicted molar refractivity (Wildman–Crippen MR) is 119 cm³/mol. The summed E-state index contributed by atoms with van der Waals surface area (Å²) in [7, 11) is -1.44. The third kappa shape index (κ3) is 6.93. The van der Waals surface area contributed by atoms with Gasteiger partial charge in [0.05, 0.1) is 4.90 Å². The van der Waals surface area contributed by atoms with Crippen LogP contribution < -0.4 is 10.0 Å². The van der Waals surface area contributed by atoms with Crippen molar-refractivity contribution in [2.45, 2.75) is 43.0 Å². The molecule has 1 amide bonds. The molecule has 162 valence electrons. The van der Waals surface area contributed by atoms with Gasteiger partial charge >= 0.3 is 0 Å². The maximum absolute atomic E-state index is 12.5. The lowest BCUT2D eigenvalue weighted by Gasteiger charge is -2.29. The second-order valence-electron chi connectivity index (χ2n) is 7.92. The number of hydrogen-bond acceptors (Lipinski definition) is 4. The summed E-state index contributed by atoms with van der Waals surface area (Å²) in [6, 6.07) is 16.8. The first kappa shape index (κ1) is 22.5. The molecule has 2 N–H and O–H groups in total. The Hall–Kier alpha value is -2.22. The van der Waals surface area contributed by atoms with Crippen LogP contribution in [0.15, 0.2) is 59.5 Å². The first-order valence-corrected chi connectivity index (χ1v) is 12.0. The van der Waals surface area contributed by atoms with Gasteiger partial charge in [0.1, 0.15) is 0 Å². The van der Waals surface area contributed by atoms with E-state index in [9.17, 15) is 13.2 Å². The van der Waals surface area contributed by atoms with Crippen LogP contribution in [0.1, 0.15) is 30.4 Å². The molecule has 1 aliphatic heterocycles. The van der Waals surface area contributed by atoms with E-state index in [1.54, 1.807) is 24.3 Å². The van der Waals surface area contributed by atoms with E-state index in [-0.39, 0.29) is 16.8 Å². The van der Waals surface area contributed by atoms with Crippen molar-refractivity contribution in [1.29, 1.82) is 0 Å². The number of nitrogens with zero attached hydrogens (tertiary/aromatic N) is 1. The summed E-state index contributed by atoms with van der Waals surface area (Å²) in [6.45, 7) is 2.38. The summed E-state index contributed by atoms with van der Waals surface area (Å²) in [4.78, 5) is 14.7. The van der Waals surface area contributed by atoms with Crippen LogP contribution in [0.4, 0.5) is 0 Å². The Balaban J connectivity index is 1.43. The van der Waals surface area contributed by atoms with Crippen LogP contribution in [-0.2, 0) is 27.7 Å². The van der Waals surface area contributed by atoms with E-state index in [2.05, 4.69) is 22.0 Å². The maximum atomic E-state index is 12.5. The molecular formula is C23H31N3O3S. The molecule has 0 radical (unpaired) electrons. The summed E-state index contributed by atoms with van der Waals surface area (Å²) in [6.07, 6.45) is 3.64. The second-order valence-corrected chi connectivity index (χ2v) is 9.69. The Bertz CT molecular complexity index is 906. The Labute approximate surface area is 179 Å². The standard InChI is InChI=1S/C23H31N3O3S/c1-26-17-14-21(15-18-26)25-23(27)12-9-20-7-10-22(11-8-20)30(28,29)24-16-13-19-5-3-2-4-6-19/h2-8,10-11,21,24H,9,12-18H2,1H3,(H,25,27). The molecule has 0 saturated carbocycles. The molecule has 6 nitrogen and oxygen atoms in total. The van der Waals surface area contributed by atoms with Crippen molar-refractivity contribution in [3.63, 3.8) is 0 Å². The predicted octanol–water partition coefficient (Wildman–Crippen LogP) is 2.35. The molecule has 0 unspecified atom stereocenters. The molecule has 2 aromatic rings. The molecule has 30 heavy (non-hydrogen) atoms. The number of hydrogen-bond donors (Lipinski definition) is 2. The maximum Gasteiger partial charge on any atom is 0.240 e. The molecule has 0 aliphatic carbocycles. The van der Waals surface area contributed by atoms with Gasteiger partial charge in [-0.25, -0.2) is 13.1 Å². The normalized spacial score (nSPS) is 15.8. The highest BCUT2D eigenvalue weighted by Gasteiger charge is 2.18. The van der Waals surface area contributed by atoms with Crippen LogP contribution >= 0.6 is 0 Å². The van der Waals surface area contributed by atoms with E-state index in [0.29, 0.717) is 25.8 Å². The number of sulfonamides is 1. The number of amides is 1. The molecule has 7 heteroatoms. The van der Waals surface area contributed by atoms with Gasteiger partial charge in [-0.3, -0.25) is 4.79 Å². The fraction of sp³-hybridized carbons (Fsp3) is 0.435. The van der Waals surface area contributed by atoms with E-state index < -0.39 is 10.0 Å². The molecular weight excluding hydrogens is 398 g/mol. The van der Waals surface area contributed by atoms with Crippen LogP contribution in [-0.4, -0.2) is 51.9 Å². The number of piperidine rings is 1. The molecule has 0 spiro atoms. The van der Waals surface area contributed by atoms with Gasteiger partial charge in [-0.15, -0.1) is 0 Å². The largest absolute Gasteiger partial charge is 0.353 e. The number of nitrogens with one attached hydrogen (secondary N) is 2. The average Bonchev–Trinajstić information content (AvgIpc) is 2.75. The minimum absolute atomic E-state index is 0.0591. The van der Waals surface area contributed by atoms with Gasteiger partial charge in [0, 0.05) is 19.0 Å². The summed E-state index contributed by atoms with van der Waals surface area (Å²) in [5.41, 5.74) is 2.05. The molecule has 1 aliphatic rings. The Kier molecular flexibility index (Phi) is 8.01. The van der Waals surface area contributed by atoms with Gasteiger partial charge < -0.3 is 10.2 Å². The van der Waals surface area contributed by atoms with Crippen molar-refractivity contribution >= 4 is 15.9 Å². The molecule has 1 heterocycles. The van der Waals surface area contributed by atoms with Crippen LogP contribution in [0.2, 0.25) is 0 Å². The van der Waals surface area contributed by atoms with Crippen molar-refractivity contribution in [2.24, 2.45) is 0 Å². The highest BCUT2D eigenvalue weighted by Crippen LogP contribution is 2.13. The minimum Gasteiger partial charge on any atom is -0.353 e. The molecule has 3 rings (SSSR count). The topological polar surface area (TPSA) is 78.5 Å². The average molecular weight is 430 g/mol. The number of aryl methyl sites for hydroxylation is 1. The van der Waals surface area contributed by atoms with Crippen LogP contribution in [0.3, 0.4) is 0 Å². The number of carbonyl (C=O) groups is 1. The number of carbonyl (C=O) groups excluding carboxylic acids is 1. The fourth-order valence-corrected chi connectivity index (χ4v) is 4.64. The smallest absolute Gasteiger partial charge is 0.240 e. The van der Waals surface area contributed by atoms with E-state index in [1.807, 2.05) is 30.3 Å². The highest BCUT2D eigenvalue weighted by atomic mass is 32.2. The Morgan fingerprint density at radius 1 is 0.967 bits per heavy atom. The summed E-state index contributed by atoms with van der Waals surface area (Å²) in [5, 5.41) is 3.11. The van der Waals surface area contributed by atoms with Crippen molar-refractivity contribution in [3.05, 3.63) is 65.7 Å². The van der Waals surface area contributed by atoms with Gasteiger partial charge in [-0.05, 0) is 69.1 Å². The van der Waals surface area contributed by atoms with E-state index in [1.165, 1.54) is 0 Å². The molecule has 0 bridgehead atoms. The van der Waals surface area contributed by atoms with Crippen LogP contribution in [0, 0.1) is 0 Å². The Morgan fingerprint density at radius 3 is 2.27 bits per heavy atom. The van der Waals surface area contributed by atoms with Gasteiger partial charge in [0.25, 0.3) is 0 Å². The van der Waals surface area contributed by atoms with Gasteiger partial charge in [-0.2, -0.15) is 0 Å². The zero-order chi connectivity index (χ0) is 21.4. The first-order chi connectivity index (χ1) is 14.4. The highest BCUT2D eigenvalue weighted by molar-refractivity contribution is 7.89.